The highest BCUT2D eigenvalue weighted by Gasteiger charge is 2.49. The number of carbonyl (C=O) groups is 1. The van der Waals surface area contributed by atoms with Crippen molar-refractivity contribution in [3.63, 3.8) is 0 Å². The number of thioether (sulfide) groups is 1. The molecule has 2 aliphatic rings. The third-order valence-corrected chi connectivity index (χ3v) is 5.76. The summed E-state index contributed by atoms with van der Waals surface area (Å²) in [6, 6.07) is 0.0152. The Morgan fingerprint density at radius 2 is 2.00 bits per heavy atom. The number of hydrogen-bond acceptors (Lipinski definition) is 3. The van der Waals surface area contributed by atoms with Gasteiger partial charge in [-0.05, 0) is 37.4 Å². The summed E-state index contributed by atoms with van der Waals surface area (Å²) in [4.78, 5) is 14.7. The highest BCUT2D eigenvalue weighted by Crippen LogP contribution is 2.48. The zero-order chi connectivity index (χ0) is 14.2. The van der Waals surface area contributed by atoms with E-state index >= 15 is 0 Å². The third-order valence-electron chi connectivity index (χ3n) is 4.36. The lowest BCUT2D eigenvalue weighted by atomic mass is 10.0. The van der Waals surface area contributed by atoms with Crippen LogP contribution >= 0.6 is 11.8 Å². The predicted molar refractivity (Wildman–Crippen MR) is 82.2 cm³/mol. The molecular formula is C15H28N2OS. The molecule has 2 fully saturated rings. The van der Waals surface area contributed by atoms with Crippen LogP contribution in [0.3, 0.4) is 0 Å². The monoisotopic (exact) mass is 284 g/mol. The first-order valence-corrected chi connectivity index (χ1v) is 8.73. The fourth-order valence-corrected chi connectivity index (χ4v) is 3.66. The summed E-state index contributed by atoms with van der Waals surface area (Å²) in [5.41, 5.74) is 0. The van der Waals surface area contributed by atoms with E-state index in [1.807, 2.05) is 11.8 Å². The van der Waals surface area contributed by atoms with E-state index in [1.54, 1.807) is 0 Å². The van der Waals surface area contributed by atoms with Crippen LogP contribution in [-0.2, 0) is 4.79 Å². The zero-order valence-corrected chi connectivity index (χ0v) is 13.7. The van der Waals surface area contributed by atoms with E-state index in [1.165, 1.54) is 12.8 Å². The summed E-state index contributed by atoms with van der Waals surface area (Å²) < 4.78 is 0.360. The Kier molecular flexibility index (Phi) is 4.51. The van der Waals surface area contributed by atoms with Gasteiger partial charge in [0.05, 0.1) is 12.2 Å². The van der Waals surface area contributed by atoms with Gasteiger partial charge in [-0.2, -0.15) is 11.8 Å². The minimum atomic E-state index is 0.0152. The quantitative estimate of drug-likeness (QED) is 0.814. The Bertz CT molecular complexity index is 339. The summed E-state index contributed by atoms with van der Waals surface area (Å²) in [7, 11) is 0. The molecule has 0 aromatic heterocycles. The van der Waals surface area contributed by atoms with Crippen LogP contribution in [0, 0.1) is 11.8 Å². The molecule has 1 saturated heterocycles. The van der Waals surface area contributed by atoms with Crippen LogP contribution in [0.1, 0.15) is 47.0 Å². The zero-order valence-electron chi connectivity index (χ0n) is 12.9. The van der Waals surface area contributed by atoms with Crippen LogP contribution in [0.4, 0.5) is 0 Å². The van der Waals surface area contributed by atoms with Crippen molar-refractivity contribution in [2.24, 2.45) is 11.8 Å². The van der Waals surface area contributed by atoms with E-state index < -0.39 is 0 Å². The number of hydrogen-bond donors (Lipinski definition) is 1. The Morgan fingerprint density at radius 1 is 1.37 bits per heavy atom. The molecule has 1 aliphatic carbocycles. The Morgan fingerprint density at radius 3 is 2.42 bits per heavy atom. The van der Waals surface area contributed by atoms with Gasteiger partial charge in [-0.3, -0.25) is 10.1 Å². The standard InChI is InChI=1S/C15H28N2OS/c1-10(2)8-12-16-13(11(3)4)14(18)17(12)9-15(19-5)6-7-15/h10-13,16H,6-9H2,1-5H3. The van der Waals surface area contributed by atoms with Crippen molar-refractivity contribution in [1.82, 2.24) is 10.2 Å². The van der Waals surface area contributed by atoms with Crippen molar-refractivity contribution in [2.75, 3.05) is 12.8 Å². The molecule has 0 spiro atoms. The predicted octanol–water partition coefficient (Wildman–Crippen LogP) is 2.71. The number of amides is 1. The summed E-state index contributed by atoms with van der Waals surface area (Å²) >= 11 is 1.94. The highest BCUT2D eigenvalue weighted by molar-refractivity contribution is 8.00. The van der Waals surface area contributed by atoms with E-state index in [0.717, 1.165) is 13.0 Å². The molecule has 1 N–H and O–H groups in total. The van der Waals surface area contributed by atoms with E-state index in [4.69, 9.17) is 0 Å². The number of nitrogens with zero attached hydrogens (tertiary/aromatic N) is 1. The van der Waals surface area contributed by atoms with E-state index in [9.17, 15) is 4.79 Å². The lowest BCUT2D eigenvalue weighted by molar-refractivity contribution is -0.131. The van der Waals surface area contributed by atoms with Crippen LogP contribution in [-0.4, -0.2) is 40.6 Å². The average molecular weight is 284 g/mol. The van der Waals surface area contributed by atoms with Crippen LogP contribution in [0.15, 0.2) is 0 Å². The van der Waals surface area contributed by atoms with E-state index in [2.05, 4.69) is 44.2 Å². The van der Waals surface area contributed by atoms with Gasteiger partial charge in [0.1, 0.15) is 0 Å². The summed E-state index contributed by atoms with van der Waals surface area (Å²) in [5, 5.41) is 3.56. The molecule has 1 saturated carbocycles. The van der Waals surface area contributed by atoms with Gasteiger partial charge in [0, 0.05) is 11.3 Å². The lowest BCUT2D eigenvalue weighted by Crippen LogP contribution is -2.42. The molecule has 0 aromatic carbocycles. The van der Waals surface area contributed by atoms with E-state index in [0.29, 0.717) is 22.5 Å². The summed E-state index contributed by atoms with van der Waals surface area (Å²) in [6.45, 7) is 9.66. The smallest absolute Gasteiger partial charge is 0.241 e. The van der Waals surface area contributed by atoms with Crippen LogP contribution in [0.2, 0.25) is 0 Å². The second kappa shape index (κ2) is 5.65. The average Bonchev–Trinajstić information content (AvgIpc) is 3.04. The first-order chi connectivity index (χ1) is 8.88. The van der Waals surface area contributed by atoms with Crippen molar-refractivity contribution in [1.29, 1.82) is 0 Å². The molecule has 3 nitrogen and oxygen atoms in total. The minimum absolute atomic E-state index is 0.0152. The van der Waals surface area contributed by atoms with Crippen molar-refractivity contribution in [3.05, 3.63) is 0 Å². The molecule has 0 radical (unpaired) electrons. The van der Waals surface area contributed by atoms with Crippen LogP contribution < -0.4 is 5.32 Å². The van der Waals surface area contributed by atoms with Gasteiger partial charge in [0.25, 0.3) is 0 Å². The van der Waals surface area contributed by atoms with Crippen LogP contribution in [0.5, 0.6) is 0 Å². The molecular weight excluding hydrogens is 256 g/mol. The molecule has 1 amide bonds. The van der Waals surface area contributed by atoms with Gasteiger partial charge >= 0.3 is 0 Å². The van der Waals surface area contributed by atoms with Crippen LogP contribution in [0.25, 0.3) is 0 Å². The molecule has 1 aliphatic heterocycles. The van der Waals surface area contributed by atoms with Gasteiger partial charge < -0.3 is 4.90 Å². The second-order valence-electron chi connectivity index (χ2n) is 6.89. The topological polar surface area (TPSA) is 32.3 Å². The van der Waals surface area contributed by atoms with Gasteiger partial charge in [-0.15, -0.1) is 0 Å². The number of carbonyl (C=O) groups excluding carboxylic acids is 1. The lowest BCUT2D eigenvalue weighted by Gasteiger charge is -2.29. The molecule has 4 heteroatoms. The van der Waals surface area contributed by atoms with Gasteiger partial charge in [-0.25, -0.2) is 0 Å². The molecule has 2 unspecified atom stereocenters. The highest BCUT2D eigenvalue weighted by atomic mass is 32.2. The molecule has 2 atom stereocenters. The van der Waals surface area contributed by atoms with Crippen molar-refractivity contribution < 1.29 is 4.79 Å². The third kappa shape index (κ3) is 3.27. The fourth-order valence-electron chi connectivity index (χ4n) is 2.88. The summed E-state index contributed by atoms with van der Waals surface area (Å²) in [5.74, 6) is 1.31. The van der Waals surface area contributed by atoms with Gasteiger partial charge in [0.15, 0.2) is 0 Å². The summed E-state index contributed by atoms with van der Waals surface area (Å²) in [6.07, 6.45) is 6.00. The van der Waals surface area contributed by atoms with E-state index in [-0.39, 0.29) is 12.2 Å². The maximum atomic E-state index is 12.6. The number of rotatable bonds is 6. The van der Waals surface area contributed by atoms with Crippen molar-refractivity contribution in [2.45, 2.75) is 63.9 Å². The SMILES string of the molecule is CSC1(CN2C(=O)C(C(C)C)NC2CC(C)C)CC1. The van der Waals surface area contributed by atoms with Gasteiger partial charge in [-0.1, -0.05) is 27.7 Å². The largest absolute Gasteiger partial charge is 0.324 e. The minimum Gasteiger partial charge on any atom is -0.324 e. The molecule has 19 heavy (non-hydrogen) atoms. The molecule has 110 valence electrons. The fraction of sp³-hybridized carbons (Fsp3) is 0.933. The van der Waals surface area contributed by atoms with Crippen molar-refractivity contribution >= 4 is 17.7 Å². The second-order valence-corrected chi connectivity index (χ2v) is 8.16. The maximum absolute atomic E-state index is 12.6. The molecule has 0 bridgehead atoms. The Hall–Kier alpha value is -0.220. The molecule has 2 rings (SSSR count). The maximum Gasteiger partial charge on any atom is 0.241 e. The molecule has 1 heterocycles. The van der Waals surface area contributed by atoms with Gasteiger partial charge in [0.2, 0.25) is 5.91 Å². The number of nitrogens with one attached hydrogen (secondary N) is 1. The van der Waals surface area contributed by atoms with Crippen molar-refractivity contribution in [3.8, 4) is 0 Å². The Labute approximate surface area is 121 Å². The first kappa shape index (κ1) is 15.2. The normalized spacial score (nSPS) is 29.6. The first-order valence-electron chi connectivity index (χ1n) is 7.50. The Balaban J connectivity index is 2.09. The molecule has 0 aromatic rings.